The van der Waals surface area contributed by atoms with Crippen LogP contribution in [0.15, 0.2) is 58.5 Å². The highest BCUT2D eigenvalue weighted by Crippen LogP contribution is 2.24. The number of aliphatic imine (C=N–C) groups is 1. The number of nitrogens with zero attached hydrogens (tertiary/aromatic N) is 2. The quantitative estimate of drug-likeness (QED) is 0.786. The average molecular weight is 262 g/mol. The maximum absolute atomic E-state index is 6.17. The van der Waals surface area contributed by atoms with E-state index in [4.69, 9.17) is 11.6 Å². The van der Waals surface area contributed by atoms with Gasteiger partial charge in [-0.25, -0.2) is 15.4 Å². The molecule has 0 atom stereocenters. The molecule has 0 spiro atoms. The van der Waals surface area contributed by atoms with Crippen molar-refractivity contribution in [3.63, 3.8) is 0 Å². The SMILES string of the molecule is CC.ClC1=CC(c2ccccc2)=NC2=CCNN12. The van der Waals surface area contributed by atoms with E-state index in [1.165, 1.54) is 0 Å². The predicted octanol–water partition coefficient (Wildman–Crippen LogP) is 3.26. The van der Waals surface area contributed by atoms with E-state index in [1.54, 1.807) is 5.01 Å². The molecule has 2 aliphatic heterocycles. The zero-order valence-electron chi connectivity index (χ0n) is 10.5. The molecule has 3 nitrogen and oxygen atoms in total. The Balaban J connectivity index is 0.000000574. The van der Waals surface area contributed by atoms with Gasteiger partial charge in [-0.3, -0.25) is 0 Å². The summed E-state index contributed by atoms with van der Waals surface area (Å²) in [5.74, 6) is 0.867. The molecule has 0 radical (unpaired) electrons. The van der Waals surface area contributed by atoms with Crippen LogP contribution < -0.4 is 5.43 Å². The molecule has 0 fully saturated rings. The third-order valence-corrected chi connectivity index (χ3v) is 2.82. The highest BCUT2D eigenvalue weighted by Gasteiger charge is 2.22. The summed E-state index contributed by atoms with van der Waals surface area (Å²) in [7, 11) is 0. The first-order valence-corrected chi connectivity index (χ1v) is 6.47. The molecule has 2 heterocycles. The lowest BCUT2D eigenvalue weighted by Gasteiger charge is -2.22. The minimum atomic E-state index is 0.651. The largest absolute Gasteiger partial charge is 0.248 e. The molecule has 94 valence electrons. The van der Waals surface area contributed by atoms with Gasteiger partial charge in [0.05, 0.1) is 5.71 Å². The Hall–Kier alpha value is -1.58. The summed E-state index contributed by atoms with van der Waals surface area (Å²) >= 11 is 6.17. The molecule has 1 N–H and O–H groups in total. The molecule has 1 aromatic carbocycles. The first-order chi connectivity index (χ1) is 8.84. The zero-order valence-corrected chi connectivity index (χ0v) is 11.3. The monoisotopic (exact) mass is 261 g/mol. The third-order valence-electron chi connectivity index (χ3n) is 2.54. The second kappa shape index (κ2) is 5.85. The van der Waals surface area contributed by atoms with Crippen molar-refractivity contribution >= 4 is 17.3 Å². The van der Waals surface area contributed by atoms with Crippen LogP contribution in [0.1, 0.15) is 19.4 Å². The predicted molar refractivity (Wildman–Crippen MR) is 76.2 cm³/mol. The van der Waals surface area contributed by atoms with Crippen LogP contribution in [0, 0.1) is 0 Å². The Labute approximate surface area is 112 Å². The van der Waals surface area contributed by atoms with Crippen LogP contribution in [0.2, 0.25) is 0 Å². The maximum atomic E-state index is 6.17. The fourth-order valence-electron chi connectivity index (χ4n) is 1.77. The fraction of sp³-hybridized carbons (Fsp3) is 0.214. The molecule has 0 aliphatic carbocycles. The summed E-state index contributed by atoms with van der Waals surface area (Å²) in [4.78, 5) is 4.54. The van der Waals surface area contributed by atoms with E-state index in [1.807, 2.05) is 56.3 Å². The Bertz CT molecular complexity index is 503. The van der Waals surface area contributed by atoms with Crippen molar-refractivity contribution in [1.82, 2.24) is 10.4 Å². The smallest absolute Gasteiger partial charge is 0.146 e. The Morgan fingerprint density at radius 2 is 1.94 bits per heavy atom. The Kier molecular flexibility index (Phi) is 4.18. The second-order valence-electron chi connectivity index (χ2n) is 3.59. The van der Waals surface area contributed by atoms with Gasteiger partial charge in [-0.05, 0) is 6.08 Å². The number of benzene rings is 1. The van der Waals surface area contributed by atoms with E-state index in [9.17, 15) is 0 Å². The molecule has 18 heavy (non-hydrogen) atoms. The molecule has 0 bridgehead atoms. The van der Waals surface area contributed by atoms with Crippen molar-refractivity contribution in [1.29, 1.82) is 0 Å². The molecule has 1 aromatic rings. The fourth-order valence-corrected chi connectivity index (χ4v) is 2.02. The number of rotatable bonds is 1. The van der Waals surface area contributed by atoms with Crippen molar-refractivity contribution in [3.05, 3.63) is 59.0 Å². The number of nitrogens with one attached hydrogen (secondary N) is 1. The van der Waals surface area contributed by atoms with Crippen LogP contribution in [0.25, 0.3) is 0 Å². The Morgan fingerprint density at radius 3 is 2.67 bits per heavy atom. The van der Waals surface area contributed by atoms with Crippen LogP contribution in [0.5, 0.6) is 0 Å². The van der Waals surface area contributed by atoms with Crippen LogP contribution in [0.4, 0.5) is 0 Å². The molecule has 3 rings (SSSR count). The summed E-state index contributed by atoms with van der Waals surface area (Å²) in [5.41, 5.74) is 5.09. The van der Waals surface area contributed by atoms with Gasteiger partial charge in [-0.2, -0.15) is 0 Å². The zero-order chi connectivity index (χ0) is 13.0. The number of halogens is 1. The minimum absolute atomic E-state index is 0.651. The van der Waals surface area contributed by atoms with Gasteiger partial charge >= 0.3 is 0 Å². The van der Waals surface area contributed by atoms with Crippen molar-refractivity contribution in [2.45, 2.75) is 13.8 Å². The summed E-state index contributed by atoms with van der Waals surface area (Å²) in [6, 6.07) is 10.0. The average Bonchev–Trinajstić information content (AvgIpc) is 2.91. The van der Waals surface area contributed by atoms with Gasteiger partial charge in [0.2, 0.25) is 0 Å². The summed E-state index contributed by atoms with van der Waals surface area (Å²) in [6.45, 7) is 4.77. The van der Waals surface area contributed by atoms with E-state index in [0.717, 1.165) is 23.6 Å². The highest BCUT2D eigenvalue weighted by molar-refractivity contribution is 6.32. The van der Waals surface area contributed by atoms with E-state index in [-0.39, 0.29) is 0 Å². The lowest BCUT2D eigenvalue weighted by atomic mass is 10.1. The lowest BCUT2D eigenvalue weighted by molar-refractivity contribution is 0.371. The Morgan fingerprint density at radius 1 is 1.22 bits per heavy atom. The number of hydrazine groups is 1. The van der Waals surface area contributed by atoms with Crippen LogP contribution in [-0.4, -0.2) is 17.3 Å². The number of allylic oxidation sites excluding steroid dienone is 1. The number of hydrogen-bond acceptors (Lipinski definition) is 3. The molecule has 4 heteroatoms. The first-order valence-electron chi connectivity index (χ1n) is 6.10. The van der Waals surface area contributed by atoms with E-state index < -0.39 is 0 Å². The summed E-state index contributed by atoms with van der Waals surface area (Å²) in [5, 5.41) is 2.44. The van der Waals surface area contributed by atoms with E-state index >= 15 is 0 Å². The maximum Gasteiger partial charge on any atom is 0.146 e. The number of fused-ring (bicyclic) bond motifs is 1. The number of hydrogen-bond donors (Lipinski definition) is 1. The van der Waals surface area contributed by atoms with Gasteiger partial charge in [0.25, 0.3) is 0 Å². The molecule has 0 saturated carbocycles. The van der Waals surface area contributed by atoms with Gasteiger partial charge in [0, 0.05) is 18.2 Å². The first kappa shape index (κ1) is 12.9. The molecule has 0 amide bonds. The van der Waals surface area contributed by atoms with Crippen LogP contribution in [0.3, 0.4) is 0 Å². The van der Waals surface area contributed by atoms with Crippen molar-refractivity contribution in [2.24, 2.45) is 4.99 Å². The van der Waals surface area contributed by atoms with Gasteiger partial charge in [0.1, 0.15) is 11.0 Å². The standard InChI is InChI=1S/C12H10ClN3.C2H6/c13-11-8-10(9-4-2-1-3-5-9)15-12-6-7-14-16(11)12;1-2/h1-6,8,14H,7H2;1-2H3. The van der Waals surface area contributed by atoms with Crippen molar-refractivity contribution < 1.29 is 0 Å². The van der Waals surface area contributed by atoms with Gasteiger partial charge in [-0.15, -0.1) is 0 Å². The summed E-state index contributed by atoms with van der Waals surface area (Å²) in [6.07, 6.45) is 3.88. The van der Waals surface area contributed by atoms with E-state index in [2.05, 4.69) is 10.4 Å². The van der Waals surface area contributed by atoms with Gasteiger partial charge in [-0.1, -0.05) is 55.8 Å². The summed E-state index contributed by atoms with van der Waals surface area (Å²) < 4.78 is 0. The second-order valence-corrected chi connectivity index (χ2v) is 3.98. The van der Waals surface area contributed by atoms with Gasteiger partial charge < -0.3 is 0 Å². The lowest BCUT2D eigenvalue weighted by Crippen LogP contribution is -2.31. The van der Waals surface area contributed by atoms with Crippen LogP contribution in [-0.2, 0) is 0 Å². The van der Waals surface area contributed by atoms with Crippen molar-refractivity contribution in [3.8, 4) is 0 Å². The minimum Gasteiger partial charge on any atom is -0.248 e. The third kappa shape index (κ3) is 2.47. The molecule has 0 aromatic heterocycles. The highest BCUT2D eigenvalue weighted by atomic mass is 35.5. The molecular weight excluding hydrogens is 246 g/mol. The molecule has 0 unspecified atom stereocenters. The molecule has 0 saturated heterocycles. The molecular formula is C14H16ClN3. The van der Waals surface area contributed by atoms with Crippen LogP contribution >= 0.6 is 11.6 Å². The van der Waals surface area contributed by atoms with E-state index in [0.29, 0.717) is 5.16 Å². The topological polar surface area (TPSA) is 27.6 Å². The molecule has 2 aliphatic rings. The normalized spacial score (nSPS) is 17.1. The van der Waals surface area contributed by atoms with Gasteiger partial charge in [0.15, 0.2) is 0 Å². The van der Waals surface area contributed by atoms with Crippen molar-refractivity contribution in [2.75, 3.05) is 6.54 Å².